The molecule has 0 unspecified atom stereocenters. The first-order valence-electron chi connectivity index (χ1n) is 5.01. The van der Waals surface area contributed by atoms with Crippen molar-refractivity contribution in [3.8, 4) is 0 Å². The Morgan fingerprint density at radius 3 is 2.67 bits per heavy atom. The van der Waals surface area contributed by atoms with E-state index in [1.807, 2.05) is 18.2 Å². The minimum atomic E-state index is 0.354. The lowest BCUT2D eigenvalue weighted by Crippen LogP contribution is -2.34. The Hall–Kier alpha value is -0.280. The average molecular weight is 247 g/mol. The van der Waals surface area contributed by atoms with Gasteiger partial charge in [0.1, 0.15) is 0 Å². The van der Waals surface area contributed by atoms with Gasteiger partial charge in [-0.15, -0.1) is 0 Å². The van der Waals surface area contributed by atoms with Crippen molar-refractivity contribution in [3.05, 3.63) is 33.8 Å². The summed E-state index contributed by atoms with van der Waals surface area (Å²) in [5, 5.41) is 4.53. The third-order valence-corrected chi connectivity index (χ3v) is 2.98. The first-order chi connectivity index (χ1) is 7.13. The first kappa shape index (κ1) is 12.8. The lowest BCUT2D eigenvalue weighted by atomic mass is 10.1. The topological polar surface area (TPSA) is 38.0 Å². The van der Waals surface area contributed by atoms with Crippen LogP contribution >= 0.6 is 23.2 Å². The third kappa shape index (κ3) is 4.39. The van der Waals surface area contributed by atoms with Crippen LogP contribution in [0.4, 0.5) is 0 Å². The second-order valence-corrected chi connectivity index (χ2v) is 4.40. The predicted molar refractivity (Wildman–Crippen MR) is 66.7 cm³/mol. The molecule has 84 valence electrons. The molecule has 0 fully saturated rings. The molecule has 0 saturated carbocycles. The average Bonchev–Trinajstić information content (AvgIpc) is 2.23. The molecule has 0 aliphatic heterocycles. The molecule has 0 bridgehead atoms. The molecule has 0 amide bonds. The van der Waals surface area contributed by atoms with Crippen LogP contribution in [0.25, 0.3) is 0 Å². The number of rotatable bonds is 5. The maximum atomic E-state index is 5.91. The van der Waals surface area contributed by atoms with Crippen molar-refractivity contribution >= 4 is 23.2 Å². The van der Waals surface area contributed by atoms with Gasteiger partial charge in [-0.3, -0.25) is 0 Å². The molecule has 0 saturated heterocycles. The van der Waals surface area contributed by atoms with Crippen LogP contribution in [0.1, 0.15) is 12.5 Å². The SMILES string of the molecule is C[C@H](CN)NCCc1ccc(Cl)c(Cl)c1. The van der Waals surface area contributed by atoms with Crippen molar-refractivity contribution in [1.29, 1.82) is 0 Å². The van der Waals surface area contributed by atoms with Gasteiger partial charge in [0, 0.05) is 12.6 Å². The second kappa shape index (κ2) is 6.33. The highest BCUT2D eigenvalue weighted by atomic mass is 35.5. The molecule has 0 spiro atoms. The van der Waals surface area contributed by atoms with Gasteiger partial charge in [0.05, 0.1) is 10.0 Å². The van der Waals surface area contributed by atoms with Gasteiger partial charge in [-0.25, -0.2) is 0 Å². The van der Waals surface area contributed by atoms with Crippen molar-refractivity contribution in [3.63, 3.8) is 0 Å². The van der Waals surface area contributed by atoms with Crippen LogP contribution in [0.3, 0.4) is 0 Å². The van der Waals surface area contributed by atoms with E-state index in [0.29, 0.717) is 22.6 Å². The number of nitrogens with one attached hydrogen (secondary N) is 1. The Morgan fingerprint density at radius 1 is 1.33 bits per heavy atom. The maximum absolute atomic E-state index is 5.91. The second-order valence-electron chi connectivity index (χ2n) is 3.59. The number of hydrogen-bond acceptors (Lipinski definition) is 2. The number of hydrogen-bond donors (Lipinski definition) is 2. The Kier molecular flexibility index (Phi) is 5.40. The van der Waals surface area contributed by atoms with Crippen LogP contribution in [-0.2, 0) is 6.42 Å². The summed E-state index contributed by atoms with van der Waals surface area (Å²) >= 11 is 11.7. The molecular formula is C11H16Cl2N2. The van der Waals surface area contributed by atoms with Gasteiger partial charge in [-0.05, 0) is 37.6 Å². The molecule has 15 heavy (non-hydrogen) atoms. The summed E-state index contributed by atoms with van der Waals surface area (Å²) in [6, 6.07) is 6.07. The van der Waals surface area contributed by atoms with Crippen LogP contribution < -0.4 is 11.1 Å². The third-order valence-electron chi connectivity index (χ3n) is 2.24. The Labute approximate surface area is 101 Å². The smallest absolute Gasteiger partial charge is 0.0595 e. The normalized spacial score (nSPS) is 12.8. The van der Waals surface area contributed by atoms with Crippen LogP contribution in [-0.4, -0.2) is 19.1 Å². The van der Waals surface area contributed by atoms with E-state index in [0.717, 1.165) is 13.0 Å². The van der Waals surface area contributed by atoms with E-state index in [-0.39, 0.29) is 0 Å². The molecule has 0 aliphatic rings. The summed E-state index contributed by atoms with van der Waals surface area (Å²) in [6.07, 6.45) is 0.932. The molecule has 1 rings (SSSR count). The zero-order chi connectivity index (χ0) is 11.3. The fourth-order valence-corrected chi connectivity index (χ4v) is 1.56. The summed E-state index contributed by atoms with van der Waals surface area (Å²) in [7, 11) is 0. The molecule has 4 heteroatoms. The largest absolute Gasteiger partial charge is 0.329 e. The van der Waals surface area contributed by atoms with Crippen molar-refractivity contribution in [2.45, 2.75) is 19.4 Å². The molecule has 1 atom stereocenters. The van der Waals surface area contributed by atoms with E-state index in [1.54, 1.807) is 0 Å². The van der Waals surface area contributed by atoms with E-state index in [9.17, 15) is 0 Å². The quantitative estimate of drug-likeness (QED) is 0.838. The van der Waals surface area contributed by atoms with E-state index in [1.165, 1.54) is 5.56 Å². The summed E-state index contributed by atoms with van der Waals surface area (Å²) in [5.41, 5.74) is 6.68. The van der Waals surface area contributed by atoms with E-state index in [2.05, 4.69) is 12.2 Å². The lowest BCUT2D eigenvalue weighted by molar-refractivity contribution is 0.559. The summed E-state index contributed by atoms with van der Waals surface area (Å²) in [5.74, 6) is 0. The summed E-state index contributed by atoms with van der Waals surface area (Å²) in [6.45, 7) is 3.62. The first-order valence-corrected chi connectivity index (χ1v) is 5.76. The Balaban J connectivity index is 2.41. The standard InChI is InChI=1S/C11H16Cl2N2/c1-8(7-14)15-5-4-9-2-3-10(12)11(13)6-9/h2-3,6,8,15H,4-5,7,14H2,1H3/t8-/m1/s1. The molecular weight excluding hydrogens is 231 g/mol. The van der Waals surface area contributed by atoms with Crippen molar-refractivity contribution in [1.82, 2.24) is 5.32 Å². The van der Waals surface area contributed by atoms with Gasteiger partial charge in [0.15, 0.2) is 0 Å². The van der Waals surface area contributed by atoms with Gasteiger partial charge in [-0.1, -0.05) is 29.3 Å². The van der Waals surface area contributed by atoms with Gasteiger partial charge in [0.2, 0.25) is 0 Å². The molecule has 0 aliphatic carbocycles. The minimum absolute atomic E-state index is 0.354. The highest BCUT2D eigenvalue weighted by Crippen LogP contribution is 2.22. The van der Waals surface area contributed by atoms with Crippen LogP contribution in [0, 0.1) is 0 Å². The van der Waals surface area contributed by atoms with E-state index in [4.69, 9.17) is 28.9 Å². The van der Waals surface area contributed by atoms with Gasteiger partial charge >= 0.3 is 0 Å². The molecule has 1 aromatic carbocycles. The highest BCUT2D eigenvalue weighted by Gasteiger charge is 2.01. The fourth-order valence-electron chi connectivity index (χ4n) is 1.24. The monoisotopic (exact) mass is 246 g/mol. The summed E-state index contributed by atoms with van der Waals surface area (Å²) in [4.78, 5) is 0. The van der Waals surface area contributed by atoms with Gasteiger partial charge in [0.25, 0.3) is 0 Å². The molecule has 1 aromatic rings. The summed E-state index contributed by atoms with van der Waals surface area (Å²) < 4.78 is 0. The zero-order valence-corrected chi connectivity index (χ0v) is 10.3. The van der Waals surface area contributed by atoms with Gasteiger partial charge in [-0.2, -0.15) is 0 Å². The molecule has 0 heterocycles. The van der Waals surface area contributed by atoms with E-state index < -0.39 is 0 Å². The Morgan fingerprint density at radius 2 is 2.07 bits per heavy atom. The molecule has 0 radical (unpaired) electrons. The van der Waals surface area contributed by atoms with Crippen molar-refractivity contribution in [2.24, 2.45) is 5.73 Å². The zero-order valence-electron chi connectivity index (χ0n) is 8.76. The van der Waals surface area contributed by atoms with Crippen LogP contribution in [0.5, 0.6) is 0 Å². The number of nitrogens with two attached hydrogens (primary N) is 1. The minimum Gasteiger partial charge on any atom is -0.329 e. The van der Waals surface area contributed by atoms with Crippen LogP contribution in [0.15, 0.2) is 18.2 Å². The van der Waals surface area contributed by atoms with Crippen molar-refractivity contribution in [2.75, 3.05) is 13.1 Å². The fraction of sp³-hybridized carbons (Fsp3) is 0.455. The Bertz CT molecular complexity index is 315. The highest BCUT2D eigenvalue weighted by molar-refractivity contribution is 6.42. The van der Waals surface area contributed by atoms with E-state index >= 15 is 0 Å². The molecule has 3 N–H and O–H groups in total. The van der Waals surface area contributed by atoms with Crippen LogP contribution in [0.2, 0.25) is 10.0 Å². The number of benzene rings is 1. The molecule has 0 aromatic heterocycles. The van der Waals surface area contributed by atoms with Gasteiger partial charge < -0.3 is 11.1 Å². The number of halogens is 2. The predicted octanol–water partition coefficient (Wildman–Crippen LogP) is 2.47. The maximum Gasteiger partial charge on any atom is 0.0595 e. The lowest BCUT2D eigenvalue weighted by Gasteiger charge is -2.11. The molecule has 2 nitrogen and oxygen atoms in total. The van der Waals surface area contributed by atoms with Crippen molar-refractivity contribution < 1.29 is 0 Å².